The van der Waals surface area contributed by atoms with E-state index in [1.807, 2.05) is 12.1 Å². The Morgan fingerprint density at radius 1 is 1.12 bits per heavy atom. The van der Waals surface area contributed by atoms with Gasteiger partial charge < -0.3 is 50.1 Å². The third-order valence-corrected chi connectivity index (χ3v) is 7.86. The van der Waals surface area contributed by atoms with Gasteiger partial charge in [-0.25, -0.2) is 4.79 Å². The smallest absolute Gasteiger partial charge is 0.446 e. The SMILES string of the molecule is COC(=O)[C@@H](N)CCC(=O)NCc1cccc(COc2c(Cl)cc(C(=O)O[C@H]3[C@@H](OC)O[C@H](CO)[C@@H](O)[C@@H]3O)c(C)c2Cl)c1.O=CC(F)(F)F. The maximum Gasteiger partial charge on any atom is 0.446 e. The van der Waals surface area contributed by atoms with Crippen LogP contribution in [0.25, 0.3) is 0 Å². The topological polar surface area (TPSA) is 213 Å². The number of methoxy groups -OCH3 is 2. The van der Waals surface area contributed by atoms with E-state index in [1.165, 1.54) is 20.3 Å². The van der Waals surface area contributed by atoms with Crippen molar-refractivity contribution in [1.82, 2.24) is 5.32 Å². The molecule has 6 N–H and O–H groups in total. The van der Waals surface area contributed by atoms with Crippen molar-refractivity contribution in [3.63, 3.8) is 0 Å². The summed E-state index contributed by atoms with van der Waals surface area (Å²) in [6.07, 6.45) is -12.4. The first-order valence-electron chi connectivity index (χ1n) is 14.7. The average molecular weight is 758 g/mol. The van der Waals surface area contributed by atoms with Gasteiger partial charge in [-0.15, -0.1) is 0 Å². The van der Waals surface area contributed by atoms with Gasteiger partial charge in [-0.2, -0.15) is 13.2 Å². The minimum Gasteiger partial charge on any atom is -0.486 e. The second-order valence-corrected chi connectivity index (χ2v) is 11.5. The van der Waals surface area contributed by atoms with Crippen LogP contribution in [0.3, 0.4) is 0 Å². The normalized spacial score (nSPS) is 20.8. The molecule has 0 saturated carbocycles. The molecule has 278 valence electrons. The highest BCUT2D eigenvalue weighted by Crippen LogP contribution is 2.39. The van der Waals surface area contributed by atoms with Crippen LogP contribution in [-0.4, -0.2) is 103 Å². The number of amides is 1. The summed E-state index contributed by atoms with van der Waals surface area (Å²) in [6, 6.07) is 7.67. The van der Waals surface area contributed by atoms with E-state index in [4.69, 9.17) is 52.7 Å². The summed E-state index contributed by atoms with van der Waals surface area (Å²) in [5.74, 6) is -1.64. The van der Waals surface area contributed by atoms with Crippen LogP contribution < -0.4 is 15.8 Å². The lowest BCUT2D eigenvalue weighted by molar-refractivity contribution is -0.293. The molecule has 0 radical (unpaired) electrons. The molecule has 3 rings (SSSR count). The number of nitrogens with two attached hydrogens (primary N) is 1. The maximum atomic E-state index is 13.1. The molecule has 0 bridgehead atoms. The number of aldehydes is 1. The number of nitrogens with one attached hydrogen (secondary N) is 1. The van der Waals surface area contributed by atoms with E-state index in [2.05, 4.69) is 10.1 Å². The monoisotopic (exact) mass is 756 g/mol. The molecule has 1 aliphatic rings. The summed E-state index contributed by atoms with van der Waals surface area (Å²) >= 11 is 13.0. The minimum atomic E-state index is -4.64. The van der Waals surface area contributed by atoms with Crippen molar-refractivity contribution in [2.75, 3.05) is 20.8 Å². The molecule has 2 aromatic carbocycles. The maximum absolute atomic E-state index is 13.1. The van der Waals surface area contributed by atoms with Crippen molar-refractivity contribution >= 4 is 47.3 Å². The highest BCUT2D eigenvalue weighted by atomic mass is 35.5. The molecule has 14 nitrogen and oxygen atoms in total. The number of aliphatic hydroxyl groups is 3. The summed E-state index contributed by atoms with van der Waals surface area (Å²) in [7, 11) is 2.49. The molecule has 50 heavy (non-hydrogen) atoms. The molecular weight excluding hydrogens is 720 g/mol. The van der Waals surface area contributed by atoms with Crippen LogP contribution in [-0.2, 0) is 46.5 Å². The van der Waals surface area contributed by atoms with Gasteiger partial charge >= 0.3 is 18.1 Å². The molecule has 0 aromatic heterocycles. The molecule has 1 heterocycles. The predicted octanol–water partition coefficient (Wildman–Crippen LogP) is 2.14. The third-order valence-electron chi connectivity index (χ3n) is 7.12. The Morgan fingerprint density at radius 3 is 2.34 bits per heavy atom. The minimum absolute atomic E-state index is 0.0153. The number of halogens is 5. The zero-order chi connectivity index (χ0) is 37.8. The molecule has 1 aliphatic heterocycles. The number of esters is 2. The van der Waals surface area contributed by atoms with E-state index in [0.29, 0.717) is 0 Å². The highest BCUT2D eigenvalue weighted by Gasteiger charge is 2.47. The summed E-state index contributed by atoms with van der Waals surface area (Å²) in [4.78, 5) is 45.3. The summed E-state index contributed by atoms with van der Waals surface area (Å²) in [6.45, 7) is 1.27. The lowest BCUT2D eigenvalue weighted by atomic mass is 9.99. The largest absolute Gasteiger partial charge is 0.486 e. The van der Waals surface area contributed by atoms with Crippen LogP contribution in [0.5, 0.6) is 5.75 Å². The van der Waals surface area contributed by atoms with Crippen molar-refractivity contribution in [2.24, 2.45) is 5.73 Å². The van der Waals surface area contributed by atoms with Crippen molar-refractivity contribution in [2.45, 2.75) is 75.8 Å². The molecule has 0 unspecified atom stereocenters. The van der Waals surface area contributed by atoms with Crippen molar-refractivity contribution in [1.29, 1.82) is 0 Å². The molecule has 2 aromatic rings. The Bertz CT molecular complexity index is 1480. The number of ether oxygens (including phenoxy) is 5. The van der Waals surface area contributed by atoms with Gasteiger partial charge in [-0.1, -0.05) is 47.5 Å². The van der Waals surface area contributed by atoms with E-state index >= 15 is 0 Å². The molecule has 0 spiro atoms. The van der Waals surface area contributed by atoms with Crippen LogP contribution in [0.2, 0.25) is 10.0 Å². The van der Waals surface area contributed by atoms with E-state index in [-0.39, 0.29) is 58.8 Å². The second-order valence-electron chi connectivity index (χ2n) is 10.7. The van der Waals surface area contributed by atoms with Gasteiger partial charge in [0, 0.05) is 20.1 Å². The summed E-state index contributed by atoms with van der Waals surface area (Å²) in [5.41, 5.74) is 7.47. The quantitative estimate of drug-likeness (QED) is 0.147. The first-order valence-corrected chi connectivity index (χ1v) is 15.4. The number of carbonyl (C=O) groups is 4. The van der Waals surface area contributed by atoms with E-state index in [9.17, 15) is 42.9 Å². The number of hydrogen-bond acceptors (Lipinski definition) is 13. The Hall–Kier alpha value is -3.55. The number of aliphatic hydroxyl groups excluding tert-OH is 3. The van der Waals surface area contributed by atoms with E-state index < -0.39 is 67.8 Å². The molecule has 1 amide bonds. The second kappa shape index (κ2) is 19.7. The number of carbonyl (C=O) groups excluding carboxylic acids is 4. The Kier molecular flexibility index (Phi) is 16.8. The number of hydrogen-bond donors (Lipinski definition) is 5. The number of alkyl halides is 3. The zero-order valence-electron chi connectivity index (χ0n) is 26.9. The van der Waals surface area contributed by atoms with Crippen LogP contribution in [0.4, 0.5) is 13.2 Å². The number of benzene rings is 2. The Balaban J connectivity index is 0.00000132. The fourth-order valence-electron chi connectivity index (χ4n) is 4.43. The van der Waals surface area contributed by atoms with Gasteiger partial charge in [-0.05, 0) is 36.1 Å². The summed E-state index contributed by atoms with van der Waals surface area (Å²) in [5, 5.41) is 32.9. The molecule has 1 saturated heterocycles. The van der Waals surface area contributed by atoms with Crippen LogP contribution in [0.15, 0.2) is 30.3 Å². The van der Waals surface area contributed by atoms with Gasteiger partial charge in [0.05, 0.1) is 29.3 Å². The van der Waals surface area contributed by atoms with Crippen LogP contribution in [0, 0.1) is 6.92 Å². The molecule has 19 heteroatoms. The predicted molar refractivity (Wildman–Crippen MR) is 169 cm³/mol. The Morgan fingerprint density at radius 2 is 1.76 bits per heavy atom. The van der Waals surface area contributed by atoms with Gasteiger partial charge in [0.15, 0.2) is 18.1 Å². The molecular formula is C31H37Cl2F3N2O12. The van der Waals surface area contributed by atoms with Gasteiger partial charge in [0.25, 0.3) is 0 Å². The van der Waals surface area contributed by atoms with Gasteiger partial charge in [0.2, 0.25) is 12.2 Å². The number of rotatable bonds is 13. The fourth-order valence-corrected chi connectivity index (χ4v) is 4.99. The highest BCUT2D eigenvalue weighted by molar-refractivity contribution is 6.38. The van der Waals surface area contributed by atoms with Crippen LogP contribution >= 0.6 is 23.2 Å². The van der Waals surface area contributed by atoms with Gasteiger partial charge in [-0.3, -0.25) is 14.4 Å². The lowest BCUT2D eigenvalue weighted by Crippen LogP contribution is -2.60. The molecule has 1 fully saturated rings. The fraction of sp³-hybridized carbons (Fsp3) is 0.484. The van der Waals surface area contributed by atoms with Crippen molar-refractivity contribution < 1.29 is 71.4 Å². The van der Waals surface area contributed by atoms with Gasteiger partial charge in [0.1, 0.15) is 31.0 Å². The zero-order valence-corrected chi connectivity index (χ0v) is 28.5. The Labute approximate surface area is 294 Å². The average Bonchev–Trinajstić information content (AvgIpc) is 3.09. The lowest BCUT2D eigenvalue weighted by Gasteiger charge is -2.40. The molecule has 0 aliphatic carbocycles. The standard InChI is InChI=1S/C29H36Cl2N2O11.C2HF3O/c1-14-17(27(38)44-26-24(37)23(36)20(12-34)43-29(26)41-3)10-18(30)25(22(14)31)42-13-16-6-4-5-15(9-16)11-33-21(35)8-7-19(32)28(39)40-2;3-2(4,5)1-6/h4-6,9-10,19-20,23-24,26,29,34,36-37H,7-8,11-13,32H2,1-3H3,(H,33,35);1H/t19-,20+,23+,24-,26+,29-;/m0./s1. The third kappa shape index (κ3) is 12.3. The first kappa shape index (κ1) is 42.6. The van der Waals surface area contributed by atoms with E-state index in [1.54, 1.807) is 19.1 Å². The summed E-state index contributed by atoms with van der Waals surface area (Å²) < 4.78 is 57.6. The molecule has 6 atom stereocenters. The first-order chi connectivity index (χ1) is 23.5. The van der Waals surface area contributed by atoms with Crippen LogP contribution in [0.1, 0.15) is 39.9 Å². The van der Waals surface area contributed by atoms with Crippen molar-refractivity contribution in [3.05, 3.63) is 62.6 Å². The van der Waals surface area contributed by atoms with E-state index in [0.717, 1.165) is 11.1 Å². The van der Waals surface area contributed by atoms with Crippen molar-refractivity contribution in [3.8, 4) is 5.75 Å².